The summed E-state index contributed by atoms with van der Waals surface area (Å²) in [6.45, 7) is 7.80. The Morgan fingerprint density at radius 1 is 1.37 bits per heavy atom. The second-order valence-corrected chi connectivity index (χ2v) is 6.32. The highest BCUT2D eigenvalue weighted by molar-refractivity contribution is 5.17. The molecule has 0 spiro atoms. The van der Waals surface area contributed by atoms with Crippen LogP contribution in [0.4, 0.5) is 0 Å². The molecule has 1 saturated carbocycles. The second-order valence-electron chi connectivity index (χ2n) is 6.32. The SMILES string of the molecule is CC1CCC(C(C)C)C(NCc2ccc(O)cn2)C1. The minimum atomic E-state index is 0.232. The summed E-state index contributed by atoms with van der Waals surface area (Å²) in [7, 11) is 0. The van der Waals surface area contributed by atoms with Crippen molar-refractivity contribution < 1.29 is 5.11 Å². The average Bonchev–Trinajstić information content (AvgIpc) is 2.38. The Morgan fingerprint density at radius 2 is 2.16 bits per heavy atom. The van der Waals surface area contributed by atoms with Crippen molar-refractivity contribution in [2.75, 3.05) is 0 Å². The highest BCUT2D eigenvalue weighted by Gasteiger charge is 2.30. The molecule has 19 heavy (non-hydrogen) atoms. The lowest BCUT2D eigenvalue weighted by Gasteiger charge is -2.38. The third-order valence-corrected chi connectivity index (χ3v) is 4.38. The standard InChI is InChI=1S/C16H26N2O/c1-11(2)15-7-4-12(3)8-16(15)18-9-13-5-6-14(19)10-17-13/h5-6,10-12,15-16,18-19H,4,7-9H2,1-3H3. The summed E-state index contributed by atoms with van der Waals surface area (Å²) in [6.07, 6.45) is 5.47. The summed E-state index contributed by atoms with van der Waals surface area (Å²) in [6, 6.07) is 4.19. The van der Waals surface area contributed by atoms with Gasteiger partial charge in [-0.3, -0.25) is 4.98 Å². The highest BCUT2D eigenvalue weighted by Crippen LogP contribution is 2.33. The third-order valence-electron chi connectivity index (χ3n) is 4.38. The lowest BCUT2D eigenvalue weighted by atomic mass is 9.74. The largest absolute Gasteiger partial charge is 0.506 e. The average molecular weight is 262 g/mol. The van der Waals surface area contributed by atoms with Crippen molar-refractivity contribution in [2.45, 2.75) is 52.6 Å². The predicted octanol–water partition coefficient (Wildman–Crippen LogP) is 3.34. The molecule has 0 saturated heterocycles. The fourth-order valence-corrected chi connectivity index (χ4v) is 3.19. The third kappa shape index (κ3) is 3.93. The quantitative estimate of drug-likeness (QED) is 0.874. The van der Waals surface area contributed by atoms with E-state index in [-0.39, 0.29) is 5.75 Å². The Bertz CT molecular complexity index is 388. The Kier molecular flexibility index (Phi) is 4.81. The monoisotopic (exact) mass is 262 g/mol. The van der Waals surface area contributed by atoms with E-state index in [0.717, 1.165) is 30.0 Å². The molecule has 1 aromatic heterocycles. The van der Waals surface area contributed by atoms with Gasteiger partial charge in [-0.25, -0.2) is 0 Å². The Morgan fingerprint density at radius 3 is 2.79 bits per heavy atom. The van der Waals surface area contributed by atoms with E-state index in [1.54, 1.807) is 6.07 Å². The van der Waals surface area contributed by atoms with Crippen LogP contribution in [0.25, 0.3) is 0 Å². The van der Waals surface area contributed by atoms with E-state index in [1.165, 1.54) is 25.5 Å². The van der Waals surface area contributed by atoms with Gasteiger partial charge in [-0.2, -0.15) is 0 Å². The smallest absolute Gasteiger partial charge is 0.133 e. The van der Waals surface area contributed by atoms with Gasteiger partial charge in [-0.15, -0.1) is 0 Å². The van der Waals surface area contributed by atoms with Crippen molar-refractivity contribution in [3.63, 3.8) is 0 Å². The van der Waals surface area contributed by atoms with Crippen molar-refractivity contribution in [3.8, 4) is 5.75 Å². The predicted molar refractivity (Wildman–Crippen MR) is 77.9 cm³/mol. The van der Waals surface area contributed by atoms with Crippen LogP contribution in [-0.2, 0) is 6.54 Å². The fraction of sp³-hybridized carbons (Fsp3) is 0.688. The molecule has 0 amide bonds. The lowest BCUT2D eigenvalue weighted by molar-refractivity contribution is 0.169. The van der Waals surface area contributed by atoms with Crippen LogP contribution in [0.15, 0.2) is 18.3 Å². The number of nitrogens with one attached hydrogen (secondary N) is 1. The number of rotatable bonds is 4. The van der Waals surface area contributed by atoms with Gasteiger partial charge in [0.25, 0.3) is 0 Å². The zero-order valence-corrected chi connectivity index (χ0v) is 12.3. The first kappa shape index (κ1) is 14.3. The minimum absolute atomic E-state index is 0.232. The van der Waals surface area contributed by atoms with Gasteiger partial charge in [-0.1, -0.05) is 27.2 Å². The highest BCUT2D eigenvalue weighted by atomic mass is 16.3. The van der Waals surface area contributed by atoms with Gasteiger partial charge in [0.2, 0.25) is 0 Å². The fourth-order valence-electron chi connectivity index (χ4n) is 3.19. The molecular formula is C16H26N2O. The number of aromatic nitrogens is 1. The molecule has 3 heteroatoms. The first-order valence-electron chi connectivity index (χ1n) is 7.43. The summed E-state index contributed by atoms with van der Waals surface area (Å²) in [5.41, 5.74) is 0.999. The van der Waals surface area contributed by atoms with E-state index < -0.39 is 0 Å². The molecule has 3 unspecified atom stereocenters. The Hall–Kier alpha value is -1.09. The summed E-state index contributed by atoms with van der Waals surface area (Å²) in [5, 5.41) is 12.9. The first-order valence-corrected chi connectivity index (χ1v) is 7.43. The van der Waals surface area contributed by atoms with E-state index in [4.69, 9.17) is 0 Å². The van der Waals surface area contributed by atoms with E-state index >= 15 is 0 Å². The van der Waals surface area contributed by atoms with Crippen LogP contribution in [0.3, 0.4) is 0 Å². The van der Waals surface area contributed by atoms with Crippen molar-refractivity contribution >= 4 is 0 Å². The number of hydrogen-bond acceptors (Lipinski definition) is 3. The molecule has 0 radical (unpaired) electrons. The molecule has 0 aromatic carbocycles. The number of pyridine rings is 1. The van der Waals surface area contributed by atoms with E-state index in [0.29, 0.717) is 6.04 Å². The maximum absolute atomic E-state index is 9.24. The molecular weight excluding hydrogens is 236 g/mol. The maximum Gasteiger partial charge on any atom is 0.133 e. The van der Waals surface area contributed by atoms with Crippen LogP contribution in [0, 0.1) is 17.8 Å². The Balaban J connectivity index is 1.93. The van der Waals surface area contributed by atoms with Gasteiger partial charge in [0.1, 0.15) is 5.75 Å². The summed E-state index contributed by atoms with van der Waals surface area (Å²) in [5.74, 6) is 2.56. The van der Waals surface area contributed by atoms with Crippen LogP contribution < -0.4 is 5.32 Å². The van der Waals surface area contributed by atoms with Gasteiger partial charge < -0.3 is 10.4 Å². The Labute approximate surface area is 116 Å². The van der Waals surface area contributed by atoms with Crippen LogP contribution in [0.1, 0.15) is 45.7 Å². The zero-order valence-electron chi connectivity index (χ0n) is 12.3. The molecule has 3 atom stereocenters. The normalized spacial score (nSPS) is 27.7. The van der Waals surface area contributed by atoms with Crippen molar-refractivity contribution in [2.24, 2.45) is 17.8 Å². The van der Waals surface area contributed by atoms with Gasteiger partial charge in [0.05, 0.1) is 11.9 Å². The topological polar surface area (TPSA) is 45.1 Å². The van der Waals surface area contributed by atoms with Gasteiger partial charge >= 0.3 is 0 Å². The molecule has 1 fully saturated rings. The number of nitrogens with zero attached hydrogens (tertiary/aromatic N) is 1. The first-order chi connectivity index (χ1) is 9.06. The molecule has 1 aliphatic rings. The minimum Gasteiger partial charge on any atom is -0.506 e. The molecule has 1 aliphatic carbocycles. The van der Waals surface area contributed by atoms with E-state index in [9.17, 15) is 5.11 Å². The van der Waals surface area contributed by atoms with Crippen molar-refractivity contribution in [1.29, 1.82) is 0 Å². The van der Waals surface area contributed by atoms with Crippen molar-refractivity contribution in [1.82, 2.24) is 10.3 Å². The lowest BCUT2D eigenvalue weighted by Crippen LogP contribution is -2.42. The van der Waals surface area contributed by atoms with Gasteiger partial charge in [-0.05, 0) is 42.7 Å². The molecule has 1 aromatic rings. The van der Waals surface area contributed by atoms with Crippen LogP contribution in [0.2, 0.25) is 0 Å². The summed E-state index contributed by atoms with van der Waals surface area (Å²) >= 11 is 0. The molecule has 106 valence electrons. The number of aromatic hydroxyl groups is 1. The summed E-state index contributed by atoms with van der Waals surface area (Å²) < 4.78 is 0. The zero-order chi connectivity index (χ0) is 13.8. The molecule has 3 nitrogen and oxygen atoms in total. The summed E-state index contributed by atoms with van der Waals surface area (Å²) in [4.78, 5) is 4.24. The van der Waals surface area contributed by atoms with Crippen LogP contribution >= 0.6 is 0 Å². The maximum atomic E-state index is 9.24. The molecule has 0 aliphatic heterocycles. The van der Waals surface area contributed by atoms with E-state index in [2.05, 4.69) is 31.1 Å². The second kappa shape index (κ2) is 6.38. The molecule has 1 heterocycles. The molecule has 0 bridgehead atoms. The van der Waals surface area contributed by atoms with E-state index in [1.807, 2.05) is 6.07 Å². The van der Waals surface area contributed by atoms with Gasteiger partial charge in [0, 0.05) is 12.6 Å². The molecule has 2 N–H and O–H groups in total. The van der Waals surface area contributed by atoms with Crippen LogP contribution in [-0.4, -0.2) is 16.1 Å². The van der Waals surface area contributed by atoms with Crippen LogP contribution in [0.5, 0.6) is 5.75 Å². The van der Waals surface area contributed by atoms with Gasteiger partial charge in [0.15, 0.2) is 0 Å². The molecule has 2 rings (SSSR count). The number of hydrogen-bond donors (Lipinski definition) is 2. The van der Waals surface area contributed by atoms with Crippen molar-refractivity contribution in [3.05, 3.63) is 24.0 Å².